The maximum Gasteiger partial charge on any atom is 0.129 e. The molecule has 0 fully saturated rings. The predicted octanol–water partition coefficient (Wildman–Crippen LogP) is 1.08. The zero-order valence-corrected chi connectivity index (χ0v) is 6.55. The molecule has 0 amide bonds. The lowest BCUT2D eigenvalue weighted by molar-refractivity contribution is 1.33. The molecule has 0 saturated carbocycles. The summed E-state index contributed by atoms with van der Waals surface area (Å²) in [7, 11) is 0. The third-order valence-corrected chi connectivity index (χ3v) is 1.43. The molecule has 10 heavy (non-hydrogen) atoms. The Kier molecular flexibility index (Phi) is 3.58. The number of rotatable bonds is 0. The van der Waals surface area contributed by atoms with Crippen molar-refractivity contribution in [3.63, 3.8) is 0 Å². The molecule has 0 aromatic carbocycles. The van der Waals surface area contributed by atoms with Crippen LogP contribution in [0.5, 0.6) is 0 Å². The molecule has 0 atom stereocenters. The lowest BCUT2D eigenvalue weighted by Gasteiger charge is -1.39. The molecular formula is C4H4N4S2. The van der Waals surface area contributed by atoms with E-state index in [0.717, 1.165) is 0 Å². The van der Waals surface area contributed by atoms with Crippen LogP contribution in [0.4, 0.5) is 0 Å². The molecule has 0 saturated heterocycles. The molecule has 2 aromatic heterocycles. The Bertz CT molecular complexity index is 154. The molecule has 2 aromatic rings. The fraction of sp³-hybridized carbons (Fsp3) is 0. The van der Waals surface area contributed by atoms with Crippen molar-refractivity contribution in [2.45, 2.75) is 0 Å². The predicted molar refractivity (Wildman–Crippen MR) is 39.8 cm³/mol. The van der Waals surface area contributed by atoms with Crippen LogP contribution < -0.4 is 0 Å². The molecule has 2 heterocycles. The van der Waals surface area contributed by atoms with Gasteiger partial charge in [-0.05, 0) is 11.5 Å². The molecule has 0 bridgehead atoms. The SMILES string of the molecule is c1cnsn1.c1ncsn1. The van der Waals surface area contributed by atoms with Crippen molar-refractivity contribution >= 4 is 23.3 Å². The van der Waals surface area contributed by atoms with Crippen LogP contribution >= 0.6 is 23.3 Å². The molecular weight excluding hydrogens is 168 g/mol. The Labute approximate surface area is 66.1 Å². The molecule has 0 unspecified atom stereocenters. The van der Waals surface area contributed by atoms with Gasteiger partial charge in [-0.15, -0.1) is 0 Å². The van der Waals surface area contributed by atoms with Gasteiger partial charge in [-0.3, -0.25) is 0 Å². The second-order valence-electron chi connectivity index (χ2n) is 1.17. The quantitative estimate of drug-likeness (QED) is 0.596. The monoisotopic (exact) mass is 172 g/mol. The fourth-order valence-corrected chi connectivity index (χ4v) is 0.816. The van der Waals surface area contributed by atoms with Gasteiger partial charge in [-0.1, -0.05) is 0 Å². The summed E-state index contributed by atoms with van der Waals surface area (Å²) in [6.07, 6.45) is 4.83. The molecule has 0 radical (unpaired) electrons. The van der Waals surface area contributed by atoms with Crippen LogP contribution in [0.25, 0.3) is 0 Å². The highest BCUT2D eigenvalue weighted by Crippen LogP contribution is 1.77. The molecule has 6 heteroatoms. The Morgan fingerprint density at radius 2 is 1.80 bits per heavy atom. The highest BCUT2D eigenvalue weighted by Gasteiger charge is 1.61. The standard InChI is InChI=1S/2C2H2N2S/c1-3-2-5-4-1;1-2-4-5-3-1/h2*1-2H. The highest BCUT2D eigenvalue weighted by molar-refractivity contribution is 7.03. The van der Waals surface area contributed by atoms with Gasteiger partial charge in [-0.2, -0.15) is 13.1 Å². The molecule has 52 valence electrons. The summed E-state index contributed by atoms with van der Waals surface area (Å²) in [4.78, 5) is 3.63. The molecule has 0 spiro atoms. The third kappa shape index (κ3) is 3.21. The van der Waals surface area contributed by atoms with Crippen LogP contribution in [0.1, 0.15) is 0 Å². The molecule has 0 N–H and O–H groups in total. The Morgan fingerprint density at radius 1 is 1.00 bits per heavy atom. The number of aromatic nitrogens is 4. The lowest BCUT2D eigenvalue weighted by Crippen LogP contribution is -1.43. The van der Waals surface area contributed by atoms with Gasteiger partial charge >= 0.3 is 0 Å². The number of hydrogen-bond donors (Lipinski definition) is 0. The van der Waals surface area contributed by atoms with E-state index in [1.165, 1.54) is 29.6 Å². The lowest BCUT2D eigenvalue weighted by atomic mass is 11.0. The van der Waals surface area contributed by atoms with Gasteiger partial charge < -0.3 is 0 Å². The van der Waals surface area contributed by atoms with Crippen molar-refractivity contribution in [2.24, 2.45) is 0 Å². The summed E-state index contributed by atoms with van der Waals surface area (Å²) in [5.41, 5.74) is 1.68. The molecule has 0 aliphatic rings. The summed E-state index contributed by atoms with van der Waals surface area (Å²) in [6.45, 7) is 0. The maximum absolute atomic E-state index is 3.65. The topological polar surface area (TPSA) is 51.6 Å². The van der Waals surface area contributed by atoms with E-state index < -0.39 is 0 Å². The van der Waals surface area contributed by atoms with Crippen LogP contribution in [0.2, 0.25) is 0 Å². The van der Waals surface area contributed by atoms with Crippen molar-refractivity contribution in [3.8, 4) is 0 Å². The fourth-order valence-electron chi connectivity index (χ4n) is 0.272. The van der Waals surface area contributed by atoms with Gasteiger partial charge in [0.25, 0.3) is 0 Å². The van der Waals surface area contributed by atoms with Crippen LogP contribution in [0.3, 0.4) is 0 Å². The van der Waals surface area contributed by atoms with Crippen LogP contribution in [-0.2, 0) is 0 Å². The largest absolute Gasteiger partial charge is 0.231 e. The number of hydrogen-bond acceptors (Lipinski definition) is 6. The van der Waals surface area contributed by atoms with Gasteiger partial charge in [0.05, 0.1) is 24.1 Å². The van der Waals surface area contributed by atoms with Crippen molar-refractivity contribution in [2.75, 3.05) is 0 Å². The average molecular weight is 172 g/mol. The smallest absolute Gasteiger partial charge is 0.129 e. The van der Waals surface area contributed by atoms with Gasteiger partial charge in [-0.25, -0.2) is 4.98 Å². The van der Waals surface area contributed by atoms with E-state index in [2.05, 4.69) is 18.1 Å². The first-order valence-electron chi connectivity index (χ1n) is 2.41. The van der Waals surface area contributed by atoms with Crippen molar-refractivity contribution < 1.29 is 0 Å². The van der Waals surface area contributed by atoms with Gasteiger partial charge in [0.2, 0.25) is 0 Å². The average Bonchev–Trinajstić information content (AvgIpc) is 2.67. The molecule has 0 aliphatic carbocycles. The maximum atomic E-state index is 3.65. The first-order valence-corrected chi connectivity index (χ1v) is 3.97. The van der Waals surface area contributed by atoms with E-state index in [9.17, 15) is 0 Å². The van der Waals surface area contributed by atoms with Gasteiger partial charge in [0.15, 0.2) is 0 Å². The Hall–Kier alpha value is -0.880. The second-order valence-corrected chi connectivity index (χ2v) is 2.39. The van der Waals surface area contributed by atoms with E-state index in [1.807, 2.05) is 0 Å². The van der Waals surface area contributed by atoms with Gasteiger partial charge in [0, 0.05) is 0 Å². The molecule has 4 nitrogen and oxygen atoms in total. The molecule has 0 aliphatic heterocycles. The van der Waals surface area contributed by atoms with E-state index in [-0.39, 0.29) is 0 Å². The first-order chi connectivity index (χ1) is 5.00. The zero-order chi connectivity index (χ0) is 7.07. The van der Waals surface area contributed by atoms with E-state index in [1.54, 1.807) is 17.9 Å². The minimum absolute atomic E-state index is 1.21. The Balaban J connectivity index is 0.0000001000. The van der Waals surface area contributed by atoms with E-state index >= 15 is 0 Å². The van der Waals surface area contributed by atoms with E-state index in [0.29, 0.717) is 0 Å². The highest BCUT2D eigenvalue weighted by atomic mass is 32.1. The number of nitrogens with zero attached hydrogens (tertiary/aromatic N) is 4. The second kappa shape index (κ2) is 4.95. The first kappa shape index (κ1) is 7.23. The summed E-state index contributed by atoms with van der Waals surface area (Å²) in [6, 6.07) is 0. The van der Waals surface area contributed by atoms with Crippen LogP contribution in [0, 0.1) is 0 Å². The minimum atomic E-state index is 1.21. The zero-order valence-electron chi connectivity index (χ0n) is 4.91. The van der Waals surface area contributed by atoms with Crippen molar-refractivity contribution in [3.05, 3.63) is 24.2 Å². The summed E-state index contributed by atoms with van der Waals surface area (Å²) < 4.78 is 11.0. The summed E-state index contributed by atoms with van der Waals surface area (Å²) in [5.74, 6) is 0. The third-order valence-electron chi connectivity index (χ3n) is 0.565. The minimum Gasteiger partial charge on any atom is -0.231 e. The summed E-state index contributed by atoms with van der Waals surface area (Å²) >= 11 is 2.56. The summed E-state index contributed by atoms with van der Waals surface area (Å²) in [5, 5.41) is 0. The van der Waals surface area contributed by atoms with Gasteiger partial charge in [0.1, 0.15) is 11.8 Å². The van der Waals surface area contributed by atoms with Crippen molar-refractivity contribution in [1.29, 1.82) is 0 Å². The Morgan fingerprint density at radius 3 is 2.00 bits per heavy atom. The molecule has 2 rings (SSSR count). The van der Waals surface area contributed by atoms with Crippen molar-refractivity contribution in [1.82, 2.24) is 18.1 Å². The normalized spacial score (nSPS) is 8.00. The van der Waals surface area contributed by atoms with E-state index in [4.69, 9.17) is 0 Å². The van der Waals surface area contributed by atoms with Crippen LogP contribution in [0.15, 0.2) is 24.2 Å². The van der Waals surface area contributed by atoms with Crippen LogP contribution in [-0.4, -0.2) is 18.1 Å².